The van der Waals surface area contributed by atoms with Crippen LogP contribution in [0.25, 0.3) is 5.76 Å². The molecule has 2 atom stereocenters. The number of aliphatic hydroxyl groups is 1. The quantitative estimate of drug-likeness (QED) is 0.304. The second-order valence-electron chi connectivity index (χ2n) is 10.2. The largest absolute Gasteiger partial charge is 0.507 e. The van der Waals surface area contributed by atoms with Crippen molar-refractivity contribution in [1.82, 2.24) is 9.80 Å². The van der Waals surface area contributed by atoms with Crippen molar-refractivity contribution in [3.8, 4) is 11.5 Å². The first-order valence-electron chi connectivity index (χ1n) is 13.6. The summed E-state index contributed by atoms with van der Waals surface area (Å²) in [6, 6.07) is 12.2. The van der Waals surface area contributed by atoms with Crippen molar-refractivity contribution in [2.45, 2.75) is 45.3 Å². The maximum absolute atomic E-state index is 13.4. The third-order valence-corrected chi connectivity index (χ3v) is 7.33. The maximum atomic E-state index is 13.4. The average molecular weight is 521 g/mol. The number of hydrogen-bond acceptors (Lipinski definition) is 7. The average Bonchev–Trinajstić information content (AvgIpc) is 3.43. The van der Waals surface area contributed by atoms with Crippen LogP contribution in [0.4, 0.5) is 0 Å². The van der Waals surface area contributed by atoms with E-state index in [1.807, 2.05) is 50.2 Å². The lowest BCUT2D eigenvalue weighted by Crippen LogP contribution is -2.38. The minimum atomic E-state index is -0.701. The molecule has 0 saturated carbocycles. The Morgan fingerprint density at radius 3 is 2.71 bits per heavy atom. The van der Waals surface area contributed by atoms with Crippen LogP contribution >= 0.6 is 0 Å². The van der Waals surface area contributed by atoms with Gasteiger partial charge in [-0.1, -0.05) is 19.1 Å². The van der Waals surface area contributed by atoms with Gasteiger partial charge in [-0.2, -0.15) is 0 Å². The van der Waals surface area contributed by atoms with Crippen LogP contribution in [0.3, 0.4) is 0 Å². The smallest absolute Gasteiger partial charge is 0.295 e. The summed E-state index contributed by atoms with van der Waals surface area (Å²) in [6.45, 7) is 8.95. The minimum Gasteiger partial charge on any atom is -0.507 e. The van der Waals surface area contributed by atoms with Gasteiger partial charge in [0, 0.05) is 38.2 Å². The fraction of sp³-hybridized carbons (Fsp3) is 0.467. The summed E-state index contributed by atoms with van der Waals surface area (Å²) in [4.78, 5) is 30.7. The molecule has 2 aromatic rings. The number of carbonyl (C=O) groups is 2. The first kappa shape index (κ1) is 26.3. The van der Waals surface area contributed by atoms with Gasteiger partial charge in [-0.25, -0.2) is 0 Å². The summed E-state index contributed by atoms with van der Waals surface area (Å²) in [5, 5.41) is 11.5. The Morgan fingerprint density at radius 2 is 1.92 bits per heavy atom. The summed E-state index contributed by atoms with van der Waals surface area (Å²) < 4.78 is 17.1. The summed E-state index contributed by atoms with van der Waals surface area (Å²) in [5.74, 6) is 0.0495. The standard InChI is InChI=1S/C30H36N2O6/c1-3-14-37-24-7-4-6-21(19-24)27-26(28(33)22-8-9-25-23(18-22)17-20(2)38-25)29(34)30(35)32(27)11-5-10-31-12-15-36-16-13-31/h4,6-9,18-20,27,33H,3,5,10-17H2,1-2H3/t20-,27-/m0/s1. The molecule has 1 amide bonds. The maximum Gasteiger partial charge on any atom is 0.295 e. The van der Waals surface area contributed by atoms with Gasteiger partial charge >= 0.3 is 0 Å². The van der Waals surface area contributed by atoms with Crippen LogP contribution < -0.4 is 9.47 Å². The molecule has 0 aliphatic carbocycles. The highest BCUT2D eigenvalue weighted by atomic mass is 16.5. The van der Waals surface area contributed by atoms with Crippen LogP contribution in [0.1, 0.15) is 49.4 Å². The number of morpholine rings is 1. The molecule has 38 heavy (non-hydrogen) atoms. The molecule has 5 rings (SSSR count). The van der Waals surface area contributed by atoms with E-state index in [0.717, 1.165) is 49.4 Å². The first-order chi connectivity index (χ1) is 18.5. The van der Waals surface area contributed by atoms with Crippen molar-refractivity contribution in [2.75, 3.05) is 46.0 Å². The van der Waals surface area contributed by atoms with Gasteiger partial charge in [0.2, 0.25) is 0 Å². The lowest BCUT2D eigenvalue weighted by molar-refractivity contribution is -0.140. The molecule has 0 bridgehead atoms. The third kappa shape index (κ3) is 5.42. The highest BCUT2D eigenvalue weighted by Gasteiger charge is 2.46. The lowest BCUT2D eigenvalue weighted by Gasteiger charge is -2.29. The number of benzene rings is 2. The fourth-order valence-electron chi connectivity index (χ4n) is 5.47. The van der Waals surface area contributed by atoms with Crippen molar-refractivity contribution >= 4 is 17.4 Å². The molecule has 8 nitrogen and oxygen atoms in total. The Kier molecular flexibility index (Phi) is 8.00. The van der Waals surface area contributed by atoms with E-state index in [-0.39, 0.29) is 17.4 Å². The van der Waals surface area contributed by atoms with Gasteiger partial charge in [-0.3, -0.25) is 14.5 Å². The second-order valence-corrected chi connectivity index (χ2v) is 10.2. The number of fused-ring (bicyclic) bond motifs is 1. The van der Waals surface area contributed by atoms with E-state index in [2.05, 4.69) is 4.90 Å². The van der Waals surface area contributed by atoms with E-state index in [9.17, 15) is 14.7 Å². The number of amides is 1. The number of likely N-dealkylation sites (tertiary alicyclic amines) is 1. The van der Waals surface area contributed by atoms with Crippen molar-refractivity contribution in [2.24, 2.45) is 0 Å². The lowest BCUT2D eigenvalue weighted by atomic mass is 9.94. The van der Waals surface area contributed by atoms with E-state index in [1.54, 1.807) is 11.0 Å². The summed E-state index contributed by atoms with van der Waals surface area (Å²) in [6.07, 6.45) is 2.37. The SMILES string of the molecule is CCCOc1cccc([C@H]2C(=C(O)c3ccc4c(c3)C[C@H](C)O4)C(=O)C(=O)N2CCCN2CCOCC2)c1. The van der Waals surface area contributed by atoms with Crippen LogP contribution in [-0.4, -0.2) is 78.7 Å². The molecular formula is C30H36N2O6. The van der Waals surface area contributed by atoms with Crippen LogP contribution in [-0.2, 0) is 20.7 Å². The molecule has 2 fully saturated rings. The minimum absolute atomic E-state index is 0.0605. The second kappa shape index (κ2) is 11.6. The van der Waals surface area contributed by atoms with E-state index in [0.29, 0.717) is 44.1 Å². The molecule has 202 valence electrons. The number of Topliss-reactive ketones (excluding diaryl/α,β-unsaturated/α-hetero) is 1. The highest BCUT2D eigenvalue weighted by molar-refractivity contribution is 6.46. The van der Waals surface area contributed by atoms with Gasteiger partial charge < -0.3 is 24.2 Å². The molecule has 3 aliphatic rings. The van der Waals surface area contributed by atoms with Crippen molar-refractivity contribution in [1.29, 1.82) is 0 Å². The zero-order chi connectivity index (χ0) is 26.6. The van der Waals surface area contributed by atoms with Crippen molar-refractivity contribution in [3.05, 3.63) is 64.7 Å². The molecule has 0 radical (unpaired) electrons. The van der Waals surface area contributed by atoms with Gasteiger partial charge in [-0.05, 0) is 61.2 Å². The van der Waals surface area contributed by atoms with Crippen LogP contribution in [0, 0.1) is 0 Å². The summed E-state index contributed by atoms with van der Waals surface area (Å²) >= 11 is 0. The van der Waals surface area contributed by atoms with Gasteiger partial charge in [0.05, 0.1) is 31.4 Å². The first-order valence-corrected chi connectivity index (χ1v) is 13.6. The number of nitrogens with zero attached hydrogens (tertiary/aromatic N) is 2. The predicted octanol–water partition coefficient (Wildman–Crippen LogP) is 3.94. The predicted molar refractivity (Wildman–Crippen MR) is 143 cm³/mol. The number of rotatable bonds is 9. The van der Waals surface area contributed by atoms with Gasteiger partial charge in [-0.15, -0.1) is 0 Å². The molecule has 0 spiro atoms. The van der Waals surface area contributed by atoms with E-state index < -0.39 is 17.7 Å². The third-order valence-electron chi connectivity index (χ3n) is 7.33. The zero-order valence-corrected chi connectivity index (χ0v) is 22.2. The Labute approximate surface area is 223 Å². The number of ketones is 1. The summed E-state index contributed by atoms with van der Waals surface area (Å²) in [7, 11) is 0. The van der Waals surface area contributed by atoms with Crippen LogP contribution in [0.5, 0.6) is 11.5 Å². The molecule has 1 N–H and O–H groups in total. The Bertz CT molecular complexity index is 1220. The van der Waals surface area contributed by atoms with Gasteiger partial charge in [0.25, 0.3) is 11.7 Å². The number of ether oxygens (including phenoxy) is 3. The van der Waals surface area contributed by atoms with Crippen LogP contribution in [0.15, 0.2) is 48.0 Å². The Hall–Kier alpha value is -3.36. The van der Waals surface area contributed by atoms with Crippen LogP contribution in [0.2, 0.25) is 0 Å². The molecular weight excluding hydrogens is 484 g/mol. The monoisotopic (exact) mass is 520 g/mol. The Morgan fingerprint density at radius 1 is 1.11 bits per heavy atom. The van der Waals surface area contributed by atoms with E-state index in [4.69, 9.17) is 14.2 Å². The zero-order valence-electron chi connectivity index (χ0n) is 22.2. The molecule has 3 aliphatic heterocycles. The number of aliphatic hydroxyl groups excluding tert-OH is 1. The topological polar surface area (TPSA) is 88.5 Å². The number of carbonyl (C=O) groups excluding carboxylic acids is 2. The Balaban J connectivity index is 1.49. The molecule has 0 unspecified atom stereocenters. The fourth-order valence-corrected chi connectivity index (χ4v) is 5.47. The molecule has 2 saturated heterocycles. The highest BCUT2D eigenvalue weighted by Crippen LogP contribution is 2.41. The van der Waals surface area contributed by atoms with Crippen molar-refractivity contribution < 1.29 is 28.9 Å². The van der Waals surface area contributed by atoms with Gasteiger partial charge in [0.15, 0.2) is 0 Å². The summed E-state index contributed by atoms with van der Waals surface area (Å²) in [5.41, 5.74) is 2.34. The normalized spacial score (nSPS) is 22.9. The van der Waals surface area contributed by atoms with Gasteiger partial charge in [0.1, 0.15) is 23.4 Å². The molecule has 3 heterocycles. The van der Waals surface area contributed by atoms with Crippen molar-refractivity contribution in [3.63, 3.8) is 0 Å². The molecule has 8 heteroatoms. The molecule has 0 aromatic heterocycles. The van der Waals surface area contributed by atoms with E-state index >= 15 is 0 Å². The molecule has 2 aromatic carbocycles. The number of hydrogen-bond donors (Lipinski definition) is 1. The van der Waals surface area contributed by atoms with E-state index in [1.165, 1.54) is 0 Å².